The Labute approximate surface area is 165 Å². The lowest BCUT2D eigenvalue weighted by Gasteiger charge is -2.34. The molecule has 1 atom stereocenters. The third-order valence-corrected chi connectivity index (χ3v) is 4.22. The van der Waals surface area contributed by atoms with Gasteiger partial charge < -0.3 is 9.64 Å². The molecule has 162 valence electrons. The zero-order chi connectivity index (χ0) is 22.0. The average Bonchev–Trinajstić information content (AvgIpc) is 2.72. The van der Waals surface area contributed by atoms with Crippen molar-refractivity contribution in [3.63, 3.8) is 0 Å². The normalized spacial score (nSPS) is 18.4. The van der Waals surface area contributed by atoms with Crippen LogP contribution in [0.1, 0.15) is 40.0 Å². The van der Waals surface area contributed by atoms with E-state index in [0.29, 0.717) is 16.2 Å². The molecule has 0 spiro atoms. The molecule has 1 aromatic rings. The van der Waals surface area contributed by atoms with E-state index in [1.165, 1.54) is 20.8 Å². The van der Waals surface area contributed by atoms with Crippen LogP contribution in [-0.2, 0) is 9.53 Å². The lowest BCUT2D eigenvalue weighted by Crippen LogP contribution is -2.53. The van der Waals surface area contributed by atoms with E-state index in [2.05, 4.69) is 0 Å². The molecule has 2 amide bonds. The Morgan fingerprint density at radius 1 is 1.21 bits per heavy atom. The van der Waals surface area contributed by atoms with Gasteiger partial charge in [-0.05, 0) is 52.2 Å². The Morgan fingerprint density at radius 2 is 1.86 bits per heavy atom. The van der Waals surface area contributed by atoms with Crippen LogP contribution in [0.4, 0.5) is 32.4 Å². The minimum atomic E-state index is -4.63. The highest BCUT2D eigenvalue weighted by Crippen LogP contribution is 2.30. The molecule has 1 unspecified atom stereocenters. The van der Waals surface area contributed by atoms with Gasteiger partial charge in [0.25, 0.3) is 0 Å². The Balaban J connectivity index is 2.49. The molecule has 1 aliphatic heterocycles. The fourth-order valence-electron chi connectivity index (χ4n) is 3.08. The molecule has 1 aromatic carbocycles. The molecule has 1 heterocycles. The maximum atomic E-state index is 14.5. The number of alkyl halides is 3. The minimum Gasteiger partial charge on any atom is -0.443 e. The number of hydrogen-bond donors (Lipinski definition) is 0. The van der Waals surface area contributed by atoms with Gasteiger partial charge in [0, 0.05) is 6.54 Å². The van der Waals surface area contributed by atoms with E-state index in [1.807, 2.05) is 0 Å². The van der Waals surface area contributed by atoms with Gasteiger partial charge >= 0.3 is 12.3 Å². The second-order valence-electron chi connectivity index (χ2n) is 7.81. The number of halogens is 5. The van der Waals surface area contributed by atoms with Gasteiger partial charge in [-0.3, -0.25) is 9.69 Å². The summed E-state index contributed by atoms with van der Waals surface area (Å²) in [5.41, 5.74) is -1.59. The summed E-state index contributed by atoms with van der Waals surface area (Å²) in [5, 5.41) is 0. The molecule has 0 radical (unpaired) electrons. The highest BCUT2D eigenvalue weighted by Gasteiger charge is 2.42. The Kier molecular flexibility index (Phi) is 6.74. The van der Waals surface area contributed by atoms with Crippen LogP contribution in [0.15, 0.2) is 18.2 Å². The van der Waals surface area contributed by atoms with Crippen molar-refractivity contribution in [1.29, 1.82) is 0 Å². The first-order valence-corrected chi connectivity index (χ1v) is 9.12. The first-order valence-electron chi connectivity index (χ1n) is 9.12. The number of hydrogen-bond acceptors (Lipinski definition) is 3. The van der Waals surface area contributed by atoms with Crippen molar-refractivity contribution in [3.8, 4) is 0 Å². The first kappa shape index (κ1) is 22.9. The van der Waals surface area contributed by atoms with Gasteiger partial charge in [-0.15, -0.1) is 0 Å². The van der Waals surface area contributed by atoms with Crippen molar-refractivity contribution < 1.29 is 36.3 Å². The van der Waals surface area contributed by atoms with Crippen molar-refractivity contribution in [2.45, 2.75) is 57.9 Å². The molecule has 1 saturated heterocycles. The van der Waals surface area contributed by atoms with Crippen LogP contribution in [0.5, 0.6) is 0 Å². The third-order valence-electron chi connectivity index (χ3n) is 4.22. The molecule has 1 aliphatic rings. The molecule has 0 aliphatic carbocycles. The summed E-state index contributed by atoms with van der Waals surface area (Å²) in [4.78, 5) is 26.9. The van der Waals surface area contributed by atoms with E-state index in [0.717, 1.165) is 18.2 Å². The number of ether oxygens (including phenoxy) is 1. The molecule has 29 heavy (non-hydrogen) atoms. The summed E-state index contributed by atoms with van der Waals surface area (Å²) in [6.45, 7) is 2.97. The molecule has 1 fully saturated rings. The summed E-state index contributed by atoms with van der Waals surface area (Å²) in [6, 6.07) is 1.59. The number of nitrogens with zero attached hydrogens (tertiary/aromatic N) is 2. The molecule has 0 N–H and O–H groups in total. The van der Waals surface area contributed by atoms with Gasteiger partial charge in [0.2, 0.25) is 5.91 Å². The van der Waals surface area contributed by atoms with Crippen LogP contribution in [0, 0.1) is 11.6 Å². The first-order chi connectivity index (χ1) is 13.3. The Bertz CT molecular complexity index is 761. The Hall–Kier alpha value is -2.39. The average molecular weight is 422 g/mol. The number of carbonyl (C=O) groups is 2. The predicted molar refractivity (Wildman–Crippen MR) is 95.3 cm³/mol. The minimum absolute atomic E-state index is 0.0115. The zero-order valence-electron chi connectivity index (χ0n) is 16.4. The van der Waals surface area contributed by atoms with Gasteiger partial charge in [0.05, 0.1) is 5.69 Å². The van der Waals surface area contributed by atoms with Crippen LogP contribution in [0.25, 0.3) is 0 Å². The number of rotatable bonds is 3. The van der Waals surface area contributed by atoms with E-state index in [1.54, 1.807) is 0 Å². The smallest absolute Gasteiger partial charge is 0.415 e. The van der Waals surface area contributed by atoms with Crippen LogP contribution in [-0.4, -0.2) is 47.8 Å². The van der Waals surface area contributed by atoms with Gasteiger partial charge in [0.1, 0.15) is 18.2 Å². The van der Waals surface area contributed by atoms with E-state index < -0.39 is 53.7 Å². The van der Waals surface area contributed by atoms with Crippen molar-refractivity contribution in [3.05, 3.63) is 29.8 Å². The fourth-order valence-corrected chi connectivity index (χ4v) is 3.08. The van der Waals surface area contributed by atoms with Crippen molar-refractivity contribution >= 4 is 17.7 Å². The molecular formula is C19H23F5N2O3. The lowest BCUT2D eigenvalue weighted by molar-refractivity contribution is -0.161. The predicted octanol–water partition coefficient (Wildman–Crippen LogP) is 4.65. The van der Waals surface area contributed by atoms with Crippen LogP contribution in [0.3, 0.4) is 0 Å². The number of likely N-dealkylation sites (tertiary alicyclic amines) is 1. The summed E-state index contributed by atoms with van der Waals surface area (Å²) in [6.07, 6.45) is -5.19. The second kappa shape index (κ2) is 8.54. The summed E-state index contributed by atoms with van der Waals surface area (Å²) in [7, 11) is 0. The number of carbonyl (C=O) groups excluding carboxylic acids is 2. The Morgan fingerprint density at radius 3 is 2.45 bits per heavy atom. The molecule has 5 nitrogen and oxygen atoms in total. The maximum absolute atomic E-state index is 14.5. The monoisotopic (exact) mass is 422 g/mol. The van der Waals surface area contributed by atoms with E-state index in [-0.39, 0.29) is 19.4 Å². The van der Waals surface area contributed by atoms with Crippen LogP contribution >= 0.6 is 0 Å². The van der Waals surface area contributed by atoms with Gasteiger partial charge in [0.15, 0.2) is 11.6 Å². The topological polar surface area (TPSA) is 49.9 Å². The van der Waals surface area contributed by atoms with Crippen molar-refractivity contribution in [2.75, 3.05) is 18.0 Å². The third kappa shape index (κ3) is 6.04. The van der Waals surface area contributed by atoms with Crippen LogP contribution < -0.4 is 4.90 Å². The van der Waals surface area contributed by atoms with E-state index >= 15 is 0 Å². The molecular weight excluding hydrogens is 399 g/mol. The number of anilines is 1. The summed E-state index contributed by atoms with van der Waals surface area (Å²) < 4.78 is 72.1. The van der Waals surface area contributed by atoms with Gasteiger partial charge in [-0.2, -0.15) is 13.2 Å². The maximum Gasteiger partial charge on any atom is 0.415 e. The van der Waals surface area contributed by atoms with Gasteiger partial charge in [-0.25, -0.2) is 13.6 Å². The molecule has 2 rings (SSSR count). The standard InChI is InChI=1S/C19H23F5N2O3/c1-18(2,3)29-17(28)26(13-9-6-7-12(20)15(13)21)14-8-4-5-10-25(16(14)27)11-19(22,23)24/h6-7,9,14H,4-5,8,10-11H2,1-3H3. The van der Waals surface area contributed by atoms with E-state index in [4.69, 9.17) is 4.74 Å². The zero-order valence-corrected chi connectivity index (χ0v) is 16.4. The molecule has 0 bridgehead atoms. The molecule has 0 aromatic heterocycles. The quantitative estimate of drug-likeness (QED) is 0.667. The van der Waals surface area contributed by atoms with Crippen molar-refractivity contribution in [2.24, 2.45) is 0 Å². The highest BCUT2D eigenvalue weighted by molar-refractivity contribution is 5.97. The van der Waals surface area contributed by atoms with E-state index in [9.17, 15) is 31.5 Å². The summed E-state index contributed by atoms with van der Waals surface area (Å²) >= 11 is 0. The molecule has 0 saturated carbocycles. The number of benzene rings is 1. The fraction of sp³-hybridized carbons (Fsp3) is 0.579. The lowest BCUT2D eigenvalue weighted by atomic mass is 10.1. The second-order valence-corrected chi connectivity index (χ2v) is 7.81. The largest absolute Gasteiger partial charge is 0.443 e. The SMILES string of the molecule is CC(C)(C)OC(=O)N(c1cccc(F)c1F)C1CCCCN(CC(F)(F)F)C1=O. The van der Waals surface area contributed by atoms with Gasteiger partial charge in [-0.1, -0.05) is 6.07 Å². The number of amides is 2. The van der Waals surface area contributed by atoms with Crippen molar-refractivity contribution in [1.82, 2.24) is 4.90 Å². The highest BCUT2D eigenvalue weighted by atomic mass is 19.4. The molecule has 10 heteroatoms. The summed E-state index contributed by atoms with van der Waals surface area (Å²) in [5.74, 6) is -3.64. The van der Waals surface area contributed by atoms with Crippen LogP contribution in [0.2, 0.25) is 0 Å².